The number of hydrogen-bond donors (Lipinski definition) is 2. The van der Waals surface area contributed by atoms with Crippen molar-refractivity contribution in [2.24, 2.45) is 0 Å². The van der Waals surface area contributed by atoms with Crippen LogP contribution in [0, 0.1) is 0 Å². The van der Waals surface area contributed by atoms with E-state index in [1.807, 2.05) is 42.5 Å². The second-order valence-electron chi connectivity index (χ2n) is 7.97. The second-order valence-corrected chi connectivity index (χ2v) is 7.97. The van der Waals surface area contributed by atoms with Crippen molar-refractivity contribution in [1.29, 1.82) is 0 Å². The van der Waals surface area contributed by atoms with Gasteiger partial charge >= 0.3 is 0 Å². The molecule has 2 atom stereocenters. The summed E-state index contributed by atoms with van der Waals surface area (Å²) in [5, 5.41) is 6.61. The molecule has 6 heteroatoms. The van der Waals surface area contributed by atoms with Crippen LogP contribution < -0.4 is 15.4 Å². The van der Waals surface area contributed by atoms with Crippen molar-refractivity contribution in [3.8, 4) is 11.5 Å². The Kier molecular flexibility index (Phi) is 8.25. The molecular weight excluding hydrogens is 378 g/mol. The summed E-state index contributed by atoms with van der Waals surface area (Å²) < 4.78 is 11.0. The highest BCUT2D eigenvalue weighted by Gasteiger charge is 2.37. The van der Waals surface area contributed by atoms with Crippen molar-refractivity contribution >= 4 is 5.91 Å². The van der Waals surface area contributed by atoms with E-state index < -0.39 is 0 Å². The van der Waals surface area contributed by atoms with Gasteiger partial charge in [-0.25, -0.2) is 0 Å². The van der Waals surface area contributed by atoms with Gasteiger partial charge in [0.25, 0.3) is 0 Å². The number of carbonyl (C=O) groups is 1. The number of methoxy groups -OCH3 is 1. The zero-order valence-electron chi connectivity index (χ0n) is 18.1. The lowest BCUT2D eigenvalue weighted by atomic mass is 10.1. The quantitative estimate of drug-likeness (QED) is 0.588. The van der Waals surface area contributed by atoms with E-state index in [1.165, 1.54) is 0 Å². The largest absolute Gasteiger partial charge is 0.457 e. The highest BCUT2D eigenvalue weighted by molar-refractivity contribution is 5.82. The van der Waals surface area contributed by atoms with E-state index in [2.05, 4.69) is 41.5 Å². The molecule has 0 radical (unpaired) electrons. The third kappa shape index (κ3) is 6.29. The summed E-state index contributed by atoms with van der Waals surface area (Å²) in [5.74, 6) is 1.74. The molecule has 0 spiro atoms. The normalized spacial score (nSPS) is 19.2. The van der Waals surface area contributed by atoms with Crippen molar-refractivity contribution in [1.82, 2.24) is 15.5 Å². The molecule has 2 aromatic carbocycles. The molecule has 0 bridgehead atoms. The summed E-state index contributed by atoms with van der Waals surface area (Å²) >= 11 is 0. The van der Waals surface area contributed by atoms with Crippen molar-refractivity contribution in [2.45, 2.75) is 44.9 Å². The fourth-order valence-corrected chi connectivity index (χ4v) is 3.84. The van der Waals surface area contributed by atoms with Crippen LogP contribution in [-0.2, 0) is 16.1 Å². The number of likely N-dealkylation sites (tertiary alicyclic amines) is 1. The molecule has 0 aromatic heterocycles. The van der Waals surface area contributed by atoms with Gasteiger partial charge in [0.05, 0.1) is 12.6 Å². The minimum atomic E-state index is -0.105. The number of rotatable bonds is 10. The summed E-state index contributed by atoms with van der Waals surface area (Å²) in [7, 11) is 1.64. The monoisotopic (exact) mass is 411 g/mol. The number of ether oxygens (including phenoxy) is 2. The maximum absolute atomic E-state index is 12.6. The number of benzene rings is 2. The topological polar surface area (TPSA) is 62.8 Å². The molecule has 1 fully saturated rings. The Hall–Kier alpha value is -2.41. The van der Waals surface area contributed by atoms with Gasteiger partial charge in [-0.2, -0.15) is 0 Å². The van der Waals surface area contributed by atoms with Gasteiger partial charge in [0, 0.05) is 38.8 Å². The van der Waals surface area contributed by atoms with Crippen molar-refractivity contribution in [2.75, 3.05) is 26.8 Å². The molecule has 6 nitrogen and oxygen atoms in total. The SMILES string of the molecule is COCCNC(=O)[C@@H]1C[C@@H](NCc2cccc(Oc3ccccc3)c2)CN1C(C)C. The zero-order chi connectivity index (χ0) is 21.3. The van der Waals surface area contributed by atoms with Crippen LogP contribution in [0.3, 0.4) is 0 Å². The van der Waals surface area contributed by atoms with Crippen LogP contribution in [0.15, 0.2) is 54.6 Å². The Morgan fingerprint density at radius 3 is 2.63 bits per heavy atom. The summed E-state index contributed by atoms with van der Waals surface area (Å²) in [6, 6.07) is 18.4. The lowest BCUT2D eigenvalue weighted by Gasteiger charge is -2.27. The number of para-hydroxylation sites is 1. The molecule has 30 heavy (non-hydrogen) atoms. The molecule has 0 aliphatic carbocycles. The first-order chi connectivity index (χ1) is 14.6. The minimum absolute atomic E-state index is 0.0864. The molecular formula is C24H33N3O3. The Bertz CT molecular complexity index is 797. The fourth-order valence-electron chi connectivity index (χ4n) is 3.84. The van der Waals surface area contributed by atoms with Crippen LogP contribution in [0.2, 0.25) is 0 Å². The van der Waals surface area contributed by atoms with Crippen LogP contribution >= 0.6 is 0 Å². The third-order valence-corrected chi connectivity index (χ3v) is 5.38. The lowest BCUT2D eigenvalue weighted by molar-refractivity contribution is -0.126. The Labute approximate surface area is 179 Å². The molecule has 2 N–H and O–H groups in total. The molecule has 1 heterocycles. The minimum Gasteiger partial charge on any atom is -0.457 e. The van der Waals surface area contributed by atoms with Gasteiger partial charge in [-0.3, -0.25) is 9.69 Å². The van der Waals surface area contributed by atoms with E-state index in [9.17, 15) is 4.79 Å². The van der Waals surface area contributed by atoms with Gasteiger partial charge in [0.1, 0.15) is 11.5 Å². The number of hydrogen-bond acceptors (Lipinski definition) is 5. The maximum atomic E-state index is 12.6. The second kappa shape index (κ2) is 11.1. The average molecular weight is 412 g/mol. The summed E-state index contributed by atoms with van der Waals surface area (Å²) in [6.45, 7) is 6.96. The van der Waals surface area contributed by atoms with Gasteiger partial charge in [0.15, 0.2) is 0 Å². The average Bonchev–Trinajstić information content (AvgIpc) is 3.18. The maximum Gasteiger partial charge on any atom is 0.237 e. The molecule has 0 unspecified atom stereocenters. The van der Waals surface area contributed by atoms with E-state index in [0.29, 0.717) is 19.2 Å². The van der Waals surface area contributed by atoms with Crippen molar-refractivity contribution in [3.63, 3.8) is 0 Å². The van der Waals surface area contributed by atoms with E-state index in [1.54, 1.807) is 7.11 Å². The number of carbonyl (C=O) groups excluding carboxylic acids is 1. The summed E-state index contributed by atoms with van der Waals surface area (Å²) in [5.41, 5.74) is 1.16. The molecule has 1 saturated heterocycles. The zero-order valence-corrected chi connectivity index (χ0v) is 18.1. The highest BCUT2D eigenvalue weighted by atomic mass is 16.5. The van der Waals surface area contributed by atoms with Crippen LogP contribution in [0.5, 0.6) is 11.5 Å². The summed E-state index contributed by atoms with van der Waals surface area (Å²) in [6.07, 6.45) is 0.803. The van der Waals surface area contributed by atoms with E-state index in [0.717, 1.165) is 36.6 Å². The van der Waals surface area contributed by atoms with Crippen molar-refractivity contribution < 1.29 is 14.3 Å². The van der Waals surface area contributed by atoms with Crippen LogP contribution in [-0.4, -0.2) is 55.7 Å². The molecule has 1 aliphatic heterocycles. The third-order valence-electron chi connectivity index (χ3n) is 5.38. The Morgan fingerprint density at radius 2 is 1.90 bits per heavy atom. The standard InChI is InChI=1S/C24H33N3O3/c1-18(2)27-17-20(15-23(27)24(28)25-12-13-29-3)26-16-19-8-7-11-22(14-19)30-21-9-5-4-6-10-21/h4-11,14,18,20,23,26H,12-13,15-17H2,1-3H3,(H,25,28)/t20-,23+/m1/s1. The van der Waals surface area contributed by atoms with Gasteiger partial charge in [-0.05, 0) is 50.1 Å². The molecule has 3 rings (SSSR count). The first-order valence-corrected chi connectivity index (χ1v) is 10.6. The van der Waals surface area contributed by atoms with Crippen LogP contribution in [0.25, 0.3) is 0 Å². The van der Waals surface area contributed by atoms with Gasteiger partial charge in [-0.1, -0.05) is 30.3 Å². The van der Waals surface area contributed by atoms with E-state index >= 15 is 0 Å². The first-order valence-electron chi connectivity index (χ1n) is 10.6. The lowest BCUT2D eigenvalue weighted by Crippen LogP contribution is -2.46. The molecule has 1 amide bonds. The molecule has 162 valence electrons. The van der Waals surface area contributed by atoms with Crippen LogP contribution in [0.4, 0.5) is 0 Å². The van der Waals surface area contributed by atoms with Crippen molar-refractivity contribution in [3.05, 3.63) is 60.2 Å². The molecule has 2 aromatic rings. The van der Waals surface area contributed by atoms with Crippen LogP contribution in [0.1, 0.15) is 25.8 Å². The Morgan fingerprint density at radius 1 is 1.13 bits per heavy atom. The number of nitrogens with one attached hydrogen (secondary N) is 2. The van der Waals surface area contributed by atoms with E-state index in [-0.39, 0.29) is 18.0 Å². The van der Waals surface area contributed by atoms with E-state index in [4.69, 9.17) is 9.47 Å². The van der Waals surface area contributed by atoms with Gasteiger partial charge in [0.2, 0.25) is 5.91 Å². The van der Waals surface area contributed by atoms with Gasteiger partial charge in [-0.15, -0.1) is 0 Å². The van der Waals surface area contributed by atoms with Gasteiger partial charge < -0.3 is 20.1 Å². The molecule has 1 aliphatic rings. The number of amides is 1. The predicted molar refractivity (Wildman–Crippen MR) is 119 cm³/mol. The fraction of sp³-hybridized carbons (Fsp3) is 0.458. The molecule has 0 saturated carbocycles. The predicted octanol–water partition coefficient (Wildman–Crippen LogP) is 3.18. The Balaban J connectivity index is 1.55. The first kappa shape index (κ1) is 22.3. The number of nitrogens with zero attached hydrogens (tertiary/aromatic N) is 1. The smallest absolute Gasteiger partial charge is 0.237 e. The summed E-state index contributed by atoms with van der Waals surface area (Å²) in [4.78, 5) is 14.9. The highest BCUT2D eigenvalue weighted by Crippen LogP contribution is 2.23.